The van der Waals surface area contributed by atoms with E-state index in [1.54, 1.807) is 32.4 Å². The zero-order chi connectivity index (χ0) is 16.1. The molecule has 2 rings (SSSR count). The average molecular weight is 323 g/mol. The predicted molar refractivity (Wildman–Crippen MR) is 85.0 cm³/mol. The number of anilines is 1. The maximum atomic E-state index is 11.0. The summed E-state index contributed by atoms with van der Waals surface area (Å²) in [5.41, 5.74) is 1.25. The molecule has 0 aliphatic heterocycles. The van der Waals surface area contributed by atoms with Gasteiger partial charge in [0.25, 0.3) is 5.69 Å². The number of halogens is 1. The monoisotopic (exact) mass is 322 g/mol. The minimum Gasteiger partial charge on any atom is -0.493 e. The summed E-state index contributed by atoms with van der Waals surface area (Å²) in [6.07, 6.45) is 0. The first-order chi connectivity index (χ1) is 10.5. The molecule has 0 radical (unpaired) electrons. The molecule has 0 amide bonds. The van der Waals surface area contributed by atoms with Crippen LogP contribution >= 0.6 is 11.6 Å². The van der Waals surface area contributed by atoms with Gasteiger partial charge in [-0.3, -0.25) is 10.1 Å². The number of nitrogens with zero attached hydrogens (tertiary/aromatic N) is 1. The highest BCUT2D eigenvalue weighted by Crippen LogP contribution is 2.30. The van der Waals surface area contributed by atoms with E-state index in [1.807, 2.05) is 12.1 Å². The van der Waals surface area contributed by atoms with Crippen LogP contribution < -0.4 is 14.8 Å². The third kappa shape index (κ3) is 3.59. The largest absolute Gasteiger partial charge is 0.493 e. The summed E-state index contributed by atoms with van der Waals surface area (Å²) in [6.45, 7) is 0.406. The van der Waals surface area contributed by atoms with Crippen molar-refractivity contribution in [1.82, 2.24) is 0 Å². The van der Waals surface area contributed by atoms with Gasteiger partial charge in [0.15, 0.2) is 11.5 Å². The summed E-state index contributed by atoms with van der Waals surface area (Å²) in [6, 6.07) is 9.96. The van der Waals surface area contributed by atoms with Crippen molar-refractivity contribution < 1.29 is 14.4 Å². The van der Waals surface area contributed by atoms with Crippen LogP contribution in [0.5, 0.6) is 11.5 Å². The molecule has 6 nitrogen and oxygen atoms in total. The van der Waals surface area contributed by atoms with Crippen molar-refractivity contribution in [2.75, 3.05) is 19.5 Å². The van der Waals surface area contributed by atoms with Crippen molar-refractivity contribution in [3.63, 3.8) is 0 Å². The van der Waals surface area contributed by atoms with Gasteiger partial charge in [-0.05, 0) is 29.8 Å². The van der Waals surface area contributed by atoms with Crippen molar-refractivity contribution in [2.45, 2.75) is 6.54 Å². The fourth-order valence-electron chi connectivity index (χ4n) is 1.99. The van der Waals surface area contributed by atoms with E-state index < -0.39 is 4.92 Å². The summed E-state index contributed by atoms with van der Waals surface area (Å²) < 4.78 is 10.4. The topological polar surface area (TPSA) is 73.6 Å². The lowest BCUT2D eigenvalue weighted by Gasteiger charge is -2.11. The molecule has 0 saturated heterocycles. The van der Waals surface area contributed by atoms with Gasteiger partial charge in [0, 0.05) is 17.6 Å². The van der Waals surface area contributed by atoms with Crippen molar-refractivity contribution in [2.24, 2.45) is 0 Å². The SMILES string of the molecule is COc1ccc(CNc2ccc(Cl)cc2[N+](=O)[O-])cc1OC. The summed E-state index contributed by atoms with van der Waals surface area (Å²) in [5.74, 6) is 1.23. The van der Waals surface area contributed by atoms with Crippen LogP contribution in [-0.2, 0) is 6.54 Å². The van der Waals surface area contributed by atoms with Gasteiger partial charge in [-0.2, -0.15) is 0 Å². The molecule has 0 bridgehead atoms. The Morgan fingerprint density at radius 1 is 1.14 bits per heavy atom. The second kappa shape index (κ2) is 7.00. The molecule has 0 spiro atoms. The molecule has 0 saturated carbocycles. The molecule has 0 aliphatic rings. The summed E-state index contributed by atoms with van der Waals surface area (Å²) in [4.78, 5) is 10.6. The number of benzene rings is 2. The molecule has 0 aromatic heterocycles. The number of hydrogen-bond acceptors (Lipinski definition) is 5. The Bertz CT molecular complexity index is 691. The molecule has 2 aromatic carbocycles. The van der Waals surface area contributed by atoms with E-state index in [0.717, 1.165) is 5.56 Å². The van der Waals surface area contributed by atoms with Crippen molar-refractivity contribution in [3.05, 3.63) is 57.1 Å². The van der Waals surface area contributed by atoms with E-state index in [9.17, 15) is 10.1 Å². The van der Waals surface area contributed by atoms with Crippen molar-refractivity contribution in [3.8, 4) is 11.5 Å². The molecule has 7 heteroatoms. The standard InChI is InChI=1S/C15H15ClN2O4/c1-21-14-6-3-10(7-15(14)22-2)9-17-12-5-4-11(16)8-13(12)18(19)20/h3-8,17H,9H2,1-2H3. The number of nitro benzene ring substituents is 1. The fraction of sp³-hybridized carbons (Fsp3) is 0.200. The Balaban J connectivity index is 2.18. The first kappa shape index (κ1) is 15.9. The lowest BCUT2D eigenvalue weighted by molar-refractivity contribution is -0.383. The zero-order valence-electron chi connectivity index (χ0n) is 12.1. The zero-order valence-corrected chi connectivity index (χ0v) is 12.9. The highest BCUT2D eigenvalue weighted by molar-refractivity contribution is 6.30. The van der Waals surface area contributed by atoms with E-state index in [4.69, 9.17) is 21.1 Å². The predicted octanol–water partition coefficient (Wildman–Crippen LogP) is 3.88. The number of methoxy groups -OCH3 is 2. The van der Waals surface area contributed by atoms with Crippen LogP contribution in [0.3, 0.4) is 0 Å². The smallest absolute Gasteiger partial charge is 0.293 e. The number of rotatable bonds is 6. The van der Waals surface area contributed by atoms with Crippen molar-refractivity contribution >= 4 is 23.0 Å². The van der Waals surface area contributed by atoms with Crippen LogP contribution in [-0.4, -0.2) is 19.1 Å². The van der Waals surface area contributed by atoms with Gasteiger partial charge in [-0.1, -0.05) is 17.7 Å². The average Bonchev–Trinajstić information content (AvgIpc) is 2.53. The number of ether oxygens (including phenoxy) is 2. The maximum absolute atomic E-state index is 11.0. The maximum Gasteiger partial charge on any atom is 0.293 e. The van der Waals surface area contributed by atoms with E-state index in [2.05, 4.69) is 5.32 Å². The molecule has 22 heavy (non-hydrogen) atoms. The highest BCUT2D eigenvalue weighted by atomic mass is 35.5. The van der Waals surface area contributed by atoms with Gasteiger partial charge in [-0.25, -0.2) is 0 Å². The van der Waals surface area contributed by atoms with E-state index in [0.29, 0.717) is 28.8 Å². The Morgan fingerprint density at radius 2 is 1.86 bits per heavy atom. The molecule has 1 N–H and O–H groups in total. The molecule has 0 atom stereocenters. The number of hydrogen-bond donors (Lipinski definition) is 1. The minimum atomic E-state index is -0.469. The third-order valence-electron chi connectivity index (χ3n) is 3.09. The third-order valence-corrected chi connectivity index (χ3v) is 3.32. The van der Waals surface area contributed by atoms with Gasteiger partial charge < -0.3 is 14.8 Å². The van der Waals surface area contributed by atoms with Crippen LogP contribution in [0, 0.1) is 10.1 Å². The van der Waals surface area contributed by atoms with Gasteiger partial charge in [0.1, 0.15) is 5.69 Å². The lowest BCUT2D eigenvalue weighted by atomic mass is 10.2. The van der Waals surface area contributed by atoms with Crippen LogP contribution in [0.15, 0.2) is 36.4 Å². The second-order valence-corrected chi connectivity index (χ2v) is 4.90. The van der Waals surface area contributed by atoms with E-state index >= 15 is 0 Å². The Hall–Kier alpha value is -2.47. The van der Waals surface area contributed by atoms with Gasteiger partial charge >= 0.3 is 0 Å². The van der Waals surface area contributed by atoms with Gasteiger partial charge in [0.2, 0.25) is 0 Å². The molecule has 0 aliphatic carbocycles. The number of nitrogens with one attached hydrogen (secondary N) is 1. The number of nitro groups is 1. The van der Waals surface area contributed by atoms with Crippen LogP contribution in [0.4, 0.5) is 11.4 Å². The Kier molecular flexibility index (Phi) is 5.06. The van der Waals surface area contributed by atoms with Crippen molar-refractivity contribution in [1.29, 1.82) is 0 Å². The second-order valence-electron chi connectivity index (χ2n) is 4.46. The minimum absolute atomic E-state index is 0.0621. The summed E-state index contributed by atoms with van der Waals surface area (Å²) in [7, 11) is 3.12. The summed E-state index contributed by atoms with van der Waals surface area (Å²) in [5, 5.41) is 14.4. The molecule has 2 aromatic rings. The lowest BCUT2D eigenvalue weighted by Crippen LogP contribution is -2.03. The first-order valence-corrected chi connectivity index (χ1v) is 6.81. The quantitative estimate of drug-likeness (QED) is 0.645. The Morgan fingerprint density at radius 3 is 2.50 bits per heavy atom. The summed E-state index contributed by atoms with van der Waals surface area (Å²) >= 11 is 5.79. The molecular formula is C15H15ClN2O4. The van der Waals surface area contributed by atoms with Crippen LogP contribution in [0.1, 0.15) is 5.56 Å². The molecule has 0 heterocycles. The fourth-order valence-corrected chi connectivity index (χ4v) is 2.16. The normalized spacial score (nSPS) is 10.1. The van der Waals surface area contributed by atoms with Gasteiger partial charge in [0.05, 0.1) is 19.1 Å². The molecular weight excluding hydrogens is 308 g/mol. The van der Waals surface area contributed by atoms with E-state index in [1.165, 1.54) is 6.07 Å². The van der Waals surface area contributed by atoms with E-state index in [-0.39, 0.29) is 5.69 Å². The first-order valence-electron chi connectivity index (χ1n) is 6.44. The molecule has 116 valence electrons. The van der Waals surface area contributed by atoms with Gasteiger partial charge in [-0.15, -0.1) is 0 Å². The molecule has 0 fully saturated rings. The Labute approximate surface area is 132 Å². The van der Waals surface area contributed by atoms with Crippen LogP contribution in [0.2, 0.25) is 5.02 Å². The van der Waals surface area contributed by atoms with Crippen LogP contribution in [0.25, 0.3) is 0 Å². The highest BCUT2D eigenvalue weighted by Gasteiger charge is 2.14. The molecule has 0 unspecified atom stereocenters.